The predicted octanol–water partition coefficient (Wildman–Crippen LogP) is 4.72. The molecule has 1 aliphatic rings. The van der Waals surface area contributed by atoms with Crippen LogP contribution in [0.4, 0.5) is 0 Å². The second-order valence-electron chi connectivity index (χ2n) is 5.11. The van der Waals surface area contributed by atoms with Gasteiger partial charge in [0.05, 0.1) is 0 Å². The van der Waals surface area contributed by atoms with Gasteiger partial charge in [-0.3, -0.25) is 0 Å². The summed E-state index contributed by atoms with van der Waals surface area (Å²) in [7, 11) is 0. The first-order chi connectivity index (χ1) is 9.34. The van der Waals surface area contributed by atoms with Crippen molar-refractivity contribution < 1.29 is 0 Å². The molecule has 0 fully saturated rings. The highest BCUT2D eigenvalue weighted by molar-refractivity contribution is 9.10. The van der Waals surface area contributed by atoms with E-state index in [0.29, 0.717) is 5.92 Å². The molecule has 1 nitrogen and oxygen atoms in total. The molecule has 0 saturated heterocycles. The summed E-state index contributed by atoms with van der Waals surface area (Å²) in [5, 5.41) is 5.76. The summed E-state index contributed by atoms with van der Waals surface area (Å²) in [6.07, 6.45) is 3.89. The van der Waals surface area contributed by atoms with Gasteiger partial charge in [-0.05, 0) is 63.7 Å². The fourth-order valence-corrected chi connectivity index (χ4v) is 4.34. The Labute approximate surface area is 127 Å². The zero-order valence-corrected chi connectivity index (χ0v) is 13.3. The minimum absolute atomic E-state index is 0.684. The number of hydrogen-bond donors (Lipinski definition) is 1. The molecule has 1 atom stereocenters. The van der Waals surface area contributed by atoms with Crippen molar-refractivity contribution in [3.63, 3.8) is 0 Å². The number of fused-ring (bicyclic) bond motifs is 1. The average Bonchev–Trinajstić information content (AvgIpc) is 2.85. The van der Waals surface area contributed by atoms with Gasteiger partial charge in [-0.1, -0.05) is 24.3 Å². The maximum Gasteiger partial charge on any atom is 0.0327 e. The SMILES string of the molecule is Brc1ccsc1CNCC1CCCc2ccccc21. The molecule has 1 unspecified atom stereocenters. The van der Waals surface area contributed by atoms with E-state index in [-0.39, 0.29) is 0 Å². The van der Waals surface area contributed by atoms with Crippen LogP contribution in [-0.4, -0.2) is 6.54 Å². The van der Waals surface area contributed by atoms with E-state index in [9.17, 15) is 0 Å². The molecule has 0 aliphatic heterocycles. The van der Waals surface area contributed by atoms with Crippen LogP contribution in [0, 0.1) is 0 Å². The van der Waals surface area contributed by atoms with E-state index in [1.807, 2.05) is 11.3 Å². The summed E-state index contributed by atoms with van der Waals surface area (Å²) in [5.74, 6) is 0.684. The molecule has 1 aromatic carbocycles. The van der Waals surface area contributed by atoms with Crippen molar-refractivity contribution in [2.75, 3.05) is 6.54 Å². The normalized spacial score (nSPS) is 18.3. The molecule has 1 aromatic heterocycles. The first-order valence-corrected chi connectivity index (χ1v) is 8.52. The minimum Gasteiger partial charge on any atom is -0.311 e. The van der Waals surface area contributed by atoms with E-state index in [0.717, 1.165) is 13.1 Å². The summed E-state index contributed by atoms with van der Waals surface area (Å²) >= 11 is 5.40. The Morgan fingerprint density at radius 3 is 3.00 bits per heavy atom. The lowest BCUT2D eigenvalue weighted by Gasteiger charge is -2.25. The lowest BCUT2D eigenvalue weighted by atomic mass is 9.83. The molecule has 0 radical (unpaired) electrons. The fourth-order valence-electron chi connectivity index (χ4n) is 2.88. The van der Waals surface area contributed by atoms with Crippen LogP contribution in [0.1, 0.15) is 34.8 Å². The molecule has 0 spiro atoms. The maximum absolute atomic E-state index is 3.62. The van der Waals surface area contributed by atoms with Crippen molar-refractivity contribution in [2.24, 2.45) is 0 Å². The van der Waals surface area contributed by atoms with Crippen molar-refractivity contribution in [3.8, 4) is 0 Å². The van der Waals surface area contributed by atoms with Gasteiger partial charge in [0, 0.05) is 22.4 Å². The molecule has 1 aliphatic carbocycles. The Balaban J connectivity index is 1.61. The van der Waals surface area contributed by atoms with Crippen LogP contribution in [-0.2, 0) is 13.0 Å². The Kier molecular flexibility index (Phi) is 4.36. The topological polar surface area (TPSA) is 12.0 Å². The molecule has 3 rings (SSSR count). The maximum atomic E-state index is 3.62. The van der Waals surface area contributed by atoms with Gasteiger partial charge in [0.2, 0.25) is 0 Å². The summed E-state index contributed by atoms with van der Waals surface area (Å²) in [5.41, 5.74) is 3.12. The number of aryl methyl sites for hydroxylation is 1. The van der Waals surface area contributed by atoms with E-state index in [4.69, 9.17) is 0 Å². The Hall–Kier alpha value is -0.640. The van der Waals surface area contributed by atoms with Crippen LogP contribution < -0.4 is 5.32 Å². The van der Waals surface area contributed by atoms with E-state index in [1.54, 1.807) is 11.1 Å². The van der Waals surface area contributed by atoms with Gasteiger partial charge in [0.15, 0.2) is 0 Å². The third-order valence-electron chi connectivity index (χ3n) is 3.86. The first kappa shape index (κ1) is 13.3. The van der Waals surface area contributed by atoms with E-state index in [2.05, 4.69) is 57.0 Å². The molecule has 1 heterocycles. The molecule has 100 valence electrons. The standard InChI is InChI=1S/C16H18BrNS/c17-15-8-9-19-16(15)11-18-10-13-6-3-5-12-4-1-2-7-14(12)13/h1-2,4,7-9,13,18H,3,5-6,10-11H2. The van der Waals surface area contributed by atoms with Gasteiger partial charge < -0.3 is 5.32 Å². The van der Waals surface area contributed by atoms with Crippen molar-refractivity contribution in [1.82, 2.24) is 5.32 Å². The largest absolute Gasteiger partial charge is 0.311 e. The van der Waals surface area contributed by atoms with Crippen molar-refractivity contribution in [1.29, 1.82) is 0 Å². The van der Waals surface area contributed by atoms with Crippen molar-refractivity contribution >= 4 is 27.3 Å². The van der Waals surface area contributed by atoms with Gasteiger partial charge in [-0.15, -0.1) is 11.3 Å². The Morgan fingerprint density at radius 2 is 2.16 bits per heavy atom. The van der Waals surface area contributed by atoms with E-state index < -0.39 is 0 Å². The second-order valence-corrected chi connectivity index (χ2v) is 6.97. The number of thiophene rings is 1. The summed E-state index contributed by atoms with van der Waals surface area (Å²) in [4.78, 5) is 1.39. The van der Waals surface area contributed by atoms with E-state index in [1.165, 1.54) is 28.6 Å². The second kappa shape index (κ2) is 6.21. The smallest absolute Gasteiger partial charge is 0.0327 e. The molecule has 0 bridgehead atoms. The fraction of sp³-hybridized carbons (Fsp3) is 0.375. The van der Waals surface area contributed by atoms with Crippen LogP contribution >= 0.6 is 27.3 Å². The number of hydrogen-bond acceptors (Lipinski definition) is 2. The molecule has 3 heteroatoms. The summed E-state index contributed by atoms with van der Waals surface area (Å²) < 4.78 is 1.23. The molecule has 19 heavy (non-hydrogen) atoms. The number of halogens is 1. The molecule has 0 amide bonds. The summed E-state index contributed by atoms with van der Waals surface area (Å²) in [6.45, 7) is 2.05. The monoisotopic (exact) mass is 335 g/mol. The van der Waals surface area contributed by atoms with Gasteiger partial charge >= 0.3 is 0 Å². The average molecular weight is 336 g/mol. The van der Waals surface area contributed by atoms with Gasteiger partial charge in [-0.2, -0.15) is 0 Å². The minimum atomic E-state index is 0.684. The van der Waals surface area contributed by atoms with E-state index >= 15 is 0 Å². The quantitative estimate of drug-likeness (QED) is 0.852. The molecular formula is C16H18BrNS. The van der Waals surface area contributed by atoms with Crippen LogP contribution in [0.25, 0.3) is 0 Å². The third-order valence-corrected chi connectivity index (χ3v) is 5.79. The van der Waals surface area contributed by atoms with Crippen LogP contribution in [0.5, 0.6) is 0 Å². The highest BCUT2D eigenvalue weighted by Crippen LogP contribution is 2.31. The predicted molar refractivity (Wildman–Crippen MR) is 85.8 cm³/mol. The first-order valence-electron chi connectivity index (χ1n) is 6.85. The Morgan fingerprint density at radius 1 is 1.26 bits per heavy atom. The zero-order valence-electron chi connectivity index (χ0n) is 10.9. The number of rotatable bonds is 4. The van der Waals surface area contributed by atoms with Crippen LogP contribution in [0.15, 0.2) is 40.2 Å². The zero-order chi connectivity index (χ0) is 13.1. The molecule has 0 saturated carbocycles. The Bertz CT molecular complexity index is 549. The van der Waals surface area contributed by atoms with Crippen molar-refractivity contribution in [2.45, 2.75) is 31.7 Å². The highest BCUT2D eigenvalue weighted by atomic mass is 79.9. The number of nitrogens with one attached hydrogen (secondary N) is 1. The lowest BCUT2D eigenvalue weighted by molar-refractivity contribution is 0.508. The van der Waals surface area contributed by atoms with Gasteiger partial charge in [0.1, 0.15) is 0 Å². The van der Waals surface area contributed by atoms with Gasteiger partial charge in [0.25, 0.3) is 0 Å². The summed E-state index contributed by atoms with van der Waals surface area (Å²) in [6, 6.07) is 11.1. The van der Waals surface area contributed by atoms with Crippen LogP contribution in [0.3, 0.4) is 0 Å². The number of benzene rings is 1. The lowest BCUT2D eigenvalue weighted by Crippen LogP contribution is -2.23. The highest BCUT2D eigenvalue weighted by Gasteiger charge is 2.19. The molecular weight excluding hydrogens is 318 g/mol. The van der Waals surface area contributed by atoms with Gasteiger partial charge in [-0.25, -0.2) is 0 Å². The molecule has 1 N–H and O–H groups in total. The van der Waals surface area contributed by atoms with Crippen LogP contribution in [0.2, 0.25) is 0 Å². The third kappa shape index (κ3) is 3.10. The molecule has 2 aromatic rings. The van der Waals surface area contributed by atoms with Crippen molar-refractivity contribution in [3.05, 3.63) is 56.2 Å².